The van der Waals surface area contributed by atoms with Crippen LogP contribution < -0.4 is 5.32 Å². The molecule has 0 radical (unpaired) electrons. The fourth-order valence-corrected chi connectivity index (χ4v) is 1.65. The van der Waals surface area contributed by atoms with Crippen LogP contribution in [0.5, 0.6) is 0 Å². The summed E-state index contributed by atoms with van der Waals surface area (Å²) in [4.78, 5) is 4.08. The number of nitrogens with zero attached hydrogens (tertiary/aromatic N) is 2. The summed E-state index contributed by atoms with van der Waals surface area (Å²) >= 11 is 0. The summed E-state index contributed by atoms with van der Waals surface area (Å²) in [5.74, 6) is 0.574. The first-order valence-corrected chi connectivity index (χ1v) is 6.07. The third-order valence-corrected chi connectivity index (χ3v) is 2.95. The van der Waals surface area contributed by atoms with Crippen molar-refractivity contribution in [2.24, 2.45) is 0 Å². The van der Waals surface area contributed by atoms with E-state index in [0.717, 1.165) is 0 Å². The van der Waals surface area contributed by atoms with Crippen molar-refractivity contribution in [1.82, 2.24) is 4.98 Å². The predicted octanol–water partition coefficient (Wildman–Crippen LogP) is 1.28. The minimum Gasteiger partial charge on any atom is -0.396 e. The fraction of sp³-hybridized carbons (Fsp3) is 0.538. The fourth-order valence-electron chi connectivity index (χ4n) is 1.65. The largest absolute Gasteiger partial charge is 0.396 e. The number of rotatable bonds is 7. The third kappa shape index (κ3) is 4.32. The van der Waals surface area contributed by atoms with Gasteiger partial charge in [0.25, 0.3) is 0 Å². The number of anilines is 1. The van der Waals surface area contributed by atoms with Crippen LogP contribution in [0.2, 0.25) is 0 Å². The van der Waals surface area contributed by atoms with Gasteiger partial charge in [-0.15, -0.1) is 0 Å². The van der Waals surface area contributed by atoms with Crippen LogP contribution in [0.3, 0.4) is 0 Å². The molecule has 0 saturated carbocycles. The Balaban J connectivity index is 2.59. The number of nitriles is 1. The van der Waals surface area contributed by atoms with E-state index in [9.17, 15) is 5.11 Å². The Hall–Kier alpha value is -1.64. The summed E-state index contributed by atoms with van der Waals surface area (Å²) in [5, 5.41) is 30.9. The first-order valence-electron chi connectivity index (χ1n) is 6.07. The zero-order valence-electron chi connectivity index (χ0n) is 10.6. The van der Waals surface area contributed by atoms with E-state index < -0.39 is 5.60 Å². The Kier molecular flexibility index (Phi) is 5.56. The summed E-state index contributed by atoms with van der Waals surface area (Å²) in [6.45, 7) is 2.33. The normalized spacial score (nSPS) is 13.7. The zero-order valence-corrected chi connectivity index (χ0v) is 10.6. The molecule has 0 aliphatic heterocycles. The van der Waals surface area contributed by atoms with Gasteiger partial charge in [-0.05, 0) is 31.4 Å². The topological polar surface area (TPSA) is 89.2 Å². The summed E-state index contributed by atoms with van der Waals surface area (Å²) in [5.41, 5.74) is -0.324. The molecule has 5 heteroatoms. The minimum absolute atomic E-state index is 0.0739. The van der Waals surface area contributed by atoms with E-state index in [1.165, 1.54) is 0 Å². The Morgan fingerprint density at radius 2 is 2.33 bits per heavy atom. The van der Waals surface area contributed by atoms with E-state index in [-0.39, 0.29) is 6.61 Å². The van der Waals surface area contributed by atoms with Crippen LogP contribution in [0, 0.1) is 11.3 Å². The van der Waals surface area contributed by atoms with Gasteiger partial charge in [0.1, 0.15) is 5.82 Å². The van der Waals surface area contributed by atoms with Crippen molar-refractivity contribution in [3.05, 3.63) is 23.9 Å². The van der Waals surface area contributed by atoms with Crippen molar-refractivity contribution in [2.45, 2.75) is 31.8 Å². The van der Waals surface area contributed by atoms with Gasteiger partial charge in [-0.25, -0.2) is 4.98 Å². The van der Waals surface area contributed by atoms with Crippen LogP contribution in [0.4, 0.5) is 5.82 Å². The second-order valence-electron chi connectivity index (χ2n) is 4.30. The van der Waals surface area contributed by atoms with Gasteiger partial charge in [0.05, 0.1) is 17.2 Å². The molecule has 5 nitrogen and oxygen atoms in total. The Labute approximate surface area is 107 Å². The number of aliphatic hydroxyl groups is 2. The van der Waals surface area contributed by atoms with Gasteiger partial charge in [0, 0.05) is 19.3 Å². The molecule has 1 aromatic heterocycles. The summed E-state index contributed by atoms with van der Waals surface area (Å²) in [6, 6.07) is 5.31. The van der Waals surface area contributed by atoms with E-state index in [0.29, 0.717) is 37.2 Å². The minimum atomic E-state index is -0.854. The Morgan fingerprint density at radius 1 is 1.56 bits per heavy atom. The maximum Gasteiger partial charge on any atom is 0.127 e. The Bertz CT molecular complexity index is 417. The van der Waals surface area contributed by atoms with Gasteiger partial charge in [0.15, 0.2) is 0 Å². The molecule has 0 aliphatic carbocycles. The average Bonchev–Trinajstić information content (AvgIpc) is 2.43. The summed E-state index contributed by atoms with van der Waals surface area (Å²) in [6.07, 6.45) is 3.25. The van der Waals surface area contributed by atoms with Crippen molar-refractivity contribution < 1.29 is 10.2 Å². The highest BCUT2D eigenvalue weighted by Gasteiger charge is 2.23. The third-order valence-electron chi connectivity index (χ3n) is 2.95. The van der Waals surface area contributed by atoms with Crippen LogP contribution in [0.15, 0.2) is 18.3 Å². The highest BCUT2D eigenvalue weighted by atomic mass is 16.3. The van der Waals surface area contributed by atoms with Crippen LogP contribution in [-0.4, -0.2) is 33.9 Å². The van der Waals surface area contributed by atoms with Gasteiger partial charge >= 0.3 is 0 Å². The number of pyridine rings is 1. The van der Waals surface area contributed by atoms with E-state index in [1.807, 2.05) is 13.0 Å². The van der Waals surface area contributed by atoms with E-state index in [2.05, 4.69) is 10.3 Å². The van der Waals surface area contributed by atoms with Crippen molar-refractivity contribution in [2.75, 3.05) is 18.5 Å². The lowest BCUT2D eigenvalue weighted by Crippen LogP contribution is -2.36. The van der Waals surface area contributed by atoms with Crippen LogP contribution >= 0.6 is 0 Å². The molecule has 0 amide bonds. The second-order valence-corrected chi connectivity index (χ2v) is 4.30. The molecule has 3 N–H and O–H groups in total. The first-order chi connectivity index (χ1) is 8.63. The molecule has 1 aromatic rings. The maximum atomic E-state index is 10.3. The second kappa shape index (κ2) is 6.94. The van der Waals surface area contributed by atoms with Crippen molar-refractivity contribution in [3.63, 3.8) is 0 Å². The average molecular weight is 249 g/mol. The van der Waals surface area contributed by atoms with Gasteiger partial charge < -0.3 is 15.5 Å². The molecule has 0 aliphatic rings. The van der Waals surface area contributed by atoms with E-state index >= 15 is 0 Å². The number of aromatic nitrogens is 1. The standard InChI is InChI=1S/C13H19N3O2/c1-2-13(18,5-3-7-17)10-16-12-8-11(9-14)4-6-15-12/h4,6,8,17-18H,2-3,5,7,10H2,1H3,(H,15,16). The molecular formula is C13H19N3O2. The first kappa shape index (κ1) is 14.4. The van der Waals surface area contributed by atoms with Crippen molar-refractivity contribution in [1.29, 1.82) is 5.26 Å². The number of hydrogen-bond donors (Lipinski definition) is 3. The Morgan fingerprint density at radius 3 is 2.94 bits per heavy atom. The molecule has 1 atom stereocenters. The van der Waals surface area contributed by atoms with Gasteiger partial charge in [-0.2, -0.15) is 5.26 Å². The molecule has 1 rings (SSSR count). The number of aliphatic hydroxyl groups excluding tert-OH is 1. The van der Waals surface area contributed by atoms with Gasteiger partial charge in [-0.1, -0.05) is 6.92 Å². The molecule has 0 saturated heterocycles. The summed E-state index contributed by atoms with van der Waals surface area (Å²) in [7, 11) is 0. The monoisotopic (exact) mass is 249 g/mol. The maximum absolute atomic E-state index is 10.3. The molecule has 18 heavy (non-hydrogen) atoms. The molecule has 0 bridgehead atoms. The molecule has 98 valence electrons. The highest BCUT2D eigenvalue weighted by molar-refractivity contribution is 5.42. The van der Waals surface area contributed by atoms with Gasteiger partial charge in [-0.3, -0.25) is 0 Å². The molecule has 1 unspecified atom stereocenters. The van der Waals surface area contributed by atoms with Crippen LogP contribution in [-0.2, 0) is 0 Å². The zero-order chi connectivity index (χ0) is 13.4. The SMILES string of the molecule is CCC(O)(CCCO)CNc1cc(C#N)ccn1. The number of nitrogens with one attached hydrogen (secondary N) is 1. The van der Waals surface area contributed by atoms with Crippen molar-refractivity contribution in [3.8, 4) is 6.07 Å². The summed E-state index contributed by atoms with van der Waals surface area (Å²) < 4.78 is 0. The quantitative estimate of drug-likeness (QED) is 0.677. The van der Waals surface area contributed by atoms with Gasteiger partial charge in [0.2, 0.25) is 0 Å². The molecule has 0 fully saturated rings. The lowest BCUT2D eigenvalue weighted by atomic mass is 9.95. The van der Waals surface area contributed by atoms with E-state index in [4.69, 9.17) is 10.4 Å². The van der Waals surface area contributed by atoms with Crippen LogP contribution in [0.25, 0.3) is 0 Å². The smallest absolute Gasteiger partial charge is 0.127 e. The lowest BCUT2D eigenvalue weighted by Gasteiger charge is -2.27. The van der Waals surface area contributed by atoms with E-state index in [1.54, 1.807) is 18.3 Å². The highest BCUT2D eigenvalue weighted by Crippen LogP contribution is 2.18. The van der Waals surface area contributed by atoms with Crippen LogP contribution in [0.1, 0.15) is 31.7 Å². The molecular weight excluding hydrogens is 230 g/mol. The van der Waals surface area contributed by atoms with Crippen molar-refractivity contribution >= 4 is 5.82 Å². The molecule has 1 heterocycles. The number of hydrogen-bond acceptors (Lipinski definition) is 5. The predicted molar refractivity (Wildman–Crippen MR) is 69.0 cm³/mol. The lowest BCUT2D eigenvalue weighted by molar-refractivity contribution is 0.0339. The molecule has 0 spiro atoms. The molecule has 0 aromatic carbocycles.